The number of hydroxylamine groups is 1. The summed E-state index contributed by atoms with van der Waals surface area (Å²) in [6, 6.07) is 14.3. The number of benzene rings is 2. The monoisotopic (exact) mass is 343 g/mol. The second kappa shape index (κ2) is 7.23. The van der Waals surface area contributed by atoms with E-state index in [2.05, 4.69) is 0 Å². The van der Waals surface area contributed by atoms with Crippen LogP contribution in [0.2, 0.25) is 0 Å². The van der Waals surface area contributed by atoms with E-state index in [0.29, 0.717) is 36.8 Å². The molecule has 25 heavy (non-hydrogen) atoms. The lowest BCUT2D eigenvalue weighted by molar-refractivity contribution is -0.137. The second-order valence-corrected chi connectivity index (χ2v) is 6.57. The number of rotatable bonds is 4. The lowest BCUT2D eigenvalue weighted by Gasteiger charge is -2.39. The maximum absolute atomic E-state index is 14.0. The number of ether oxygens (including phenoxy) is 1. The van der Waals surface area contributed by atoms with Crippen LogP contribution in [0.4, 0.5) is 4.39 Å². The maximum Gasteiger partial charge on any atom is 0.253 e. The van der Waals surface area contributed by atoms with Crippen LogP contribution in [0.5, 0.6) is 5.75 Å². The van der Waals surface area contributed by atoms with Crippen LogP contribution in [-0.4, -0.2) is 17.2 Å². The van der Waals surface area contributed by atoms with Crippen LogP contribution in [0.15, 0.2) is 48.5 Å². The van der Waals surface area contributed by atoms with Gasteiger partial charge in [0, 0.05) is 0 Å². The van der Waals surface area contributed by atoms with Crippen molar-refractivity contribution in [1.29, 1.82) is 0 Å². The highest BCUT2D eigenvalue weighted by molar-refractivity contribution is 5.88. The fourth-order valence-corrected chi connectivity index (χ4v) is 3.75. The van der Waals surface area contributed by atoms with Crippen molar-refractivity contribution < 1.29 is 19.1 Å². The molecular formula is C20H22FNO3. The van der Waals surface area contributed by atoms with Crippen molar-refractivity contribution >= 4 is 5.91 Å². The molecule has 2 aromatic carbocycles. The molecule has 4 nitrogen and oxygen atoms in total. The zero-order valence-corrected chi connectivity index (χ0v) is 14.2. The molecule has 0 unspecified atom stereocenters. The highest BCUT2D eigenvalue weighted by atomic mass is 19.1. The Morgan fingerprint density at radius 2 is 1.84 bits per heavy atom. The van der Waals surface area contributed by atoms with E-state index in [-0.39, 0.29) is 11.9 Å². The molecule has 2 N–H and O–H groups in total. The summed E-state index contributed by atoms with van der Waals surface area (Å²) >= 11 is 0. The molecule has 2 aromatic rings. The largest absolute Gasteiger partial charge is 0.490 e. The molecule has 0 spiro atoms. The van der Waals surface area contributed by atoms with Crippen LogP contribution in [0, 0.1) is 12.7 Å². The van der Waals surface area contributed by atoms with Crippen molar-refractivity contribution in [2.45, 2.75) is 44.1 Å². The van der Waals surface area contributed by atoms with Crippen LogP contribution < -0.4 is 10.2 Å². The molecule has 0 atom stereocenters. The molecular weight excluding hydrogens is 321 g/mol. The van der Waals surface area contributed by atoms with Gasteiger partial charge in [-0.15, -0.1) is 0 Å². The Bertz CT molecular complexity index is 740. The van der Waals surface area contributed by atoms with E-state index in [1.807, 2.05) is 30.3 Å². The van der Waals surface area contributed by atoms with Gasteiger partial charge < -0.3 is 4.74 Å². The molecule has 1 amide bonds. The standard InChI is InChI=1S/C20H22FNO3/c1-14-17(8-5-9-18(14)21)20(19(23)22-24)12-10-16(11-13-20)25-15-6-3-2-4-7-15/h2-9,16,24H,10-13H2,1H3,(H,22,23). The molecule has 0 heterocycles. The van der Waals surface area contributed by atoms with Gasteiger partial charge in [-0.2, -0.15) is 0 Å². The summed E-state index contributed by atoms with van der Waals surface area (Å²) in [5, 5.41) is 9.25. The maximum atomic E-state index is 14.0. The van der Waals surface area contributed by atoms with E-state index < -0.39 is 11.3 Å². The minimum Gasteiger partial charge on any atom is -0.490 e. The Morgan fingerprint density at radius 3 is 2.48 bits per heavy atom. The van der Waals surface area contributed by atoms with E-state index in [9.17, 15) is 14.4 Å². The normalized spacial score (nSPS) is 23.1. The Kier molecular flexibility index (Phi) is 5.04. The van der Waals surface area contributed by atoms with E-state index in [0.717, 1.165) is 5.75 Å². The first-order valence-electron chi connectivity index (χ1n) is 8.48. The molecule has 1 aliphatic carbocycles. The summed E-state index contributed by atoms with van der Waals surface area (Å²) < 4.78 is 20.0. The number of amides is 1. The zero-order valence-electron chi connectivity index (χ0n) is 14.2. The van der Waals surface area contributed by atoms with Gasteiger partial charge in [-0.3, -0.25) is 10.0 Å². The minimum absolute atomic E-state index is 0.00381. The number of halogens is 1. The van der Waals surface area contributed by atoms with E-state index in [4.69, 9.17) is 4.74 Å². The van der Waals surface area contributed by atoms with Gasteiger partial charge in [-0.05, 0) is 61.9 Å². The van der Waals surface area contributed by atoms with Crippen molar-refractivity contribution in [1.82, 2.24) is 5.48 Å². The van der Waals surface area contributed by atoms with Crippen LogP contribution in [0.3, 0.4) is 0 Å². The van der Waals surface area contributed by atoms with Gasteiger partial charge in [0.1, 0.15) is 11.6 Å². The third-order valence-corrected chi connectivity index (χ3v) is 5.15. The zero-order chi connectivity index (χ0) is 17.9. The van der Waals surface area contributed by atoms with E-state index in [1.165, 1.54) is 6.07 Å². The molecule has 5 heteroatoms. The van der Waals surface area contributed by atoms with Crippen LogP contribution in [-0.2, 0) is 10.2 Å². The van der Waals surface area contributed by atoms with Gasteiger partial charge in [0.05, 0.1) is 11.5 Å². The Morgan fingerprint density at radius 1 is 1.16 bits per heavy atom. The van der Waals surface area contributed by atoms with Crippen molar-refractivity contribution in [2.24, 2.45) is 0 Å². The van der Waals surface area contributed by atoms with Gasteiger partial charge in [0.25, 0.3) is 5.91 Å². The van der Waals surface area contributed by atoms with Gasteiger partial charge in [-0.25, -0.2) is 9.87 Å². The Labute approximate surface area is 146 Å². The highest BCUT2D eigenvalue weighted by Crippen LogP contribution is 2.42. The van der Waals surface area contributed by atoms with Crippen molar-refractivity contribution in [2.75, 3.05) is 0 Å². The number of para-hydroxylation sites is 1. The molecule has 132 valence electrons. The smallest absolute Gasteiger partial charge is 0.253 e. The van der Waals surface area contributed by atoms with Gasteiger partial charge >= 0.3 is 0 Å². The first-order chi connectivity index (χ1) is 12.1. The summed E-state index contributed by atoms with van der Waals surface area (Å²) in [6.07, 6.45) is 2.27. The first-order valence-corrected chi connectivity index (χ1v) is 8.48. The minimum atomic E-state index is -0.933. The first kappa shape index (κ1) is 17.4. The van der Waals surface area contributed by atoms with Crippen molar-refractivity contribution in [3.8, 4) is 5.75 Å². The fourth-order valence-electron chi connectivity index (χ4n) is 3.75. The van der Waals surface area contributed by atoms with Gasteiger partial charge in [-0.1, -0.05) is 30.3 Å². The topological polar surface area (TPSA) is 58.6 Å². The van der Waals surface area contributed by atoms with Gasteiger partial charge in [0.15, 0.2) is 0 Å². The fraction of sp³-hybridized carbons (Fsp3) is 0.350. The molecule has 3 rings (SSSR count). The van der Waals surface area contributed by atoms with Crippen LogP contribution in [0.1, 0.15) is 36.8 Å². The Balaban J connectivity index is 1.83. The molecule has 0 saturated heterocycles. The summed E-state index contributed by atoms with van der Waals surface area (Å²) in [4.78, 5) is 12.5. The predicted molar refractivity (Wildman–Crippen MR) is 92.1 cm³/mol. The third kappa shape index (κ3) is 3.37. The molecule has 0 aliphatic heterocycles. The van der Waals surface area contributed by atoms with Crippen molar-refractivity contribution in [3.63, 3.8) is 0 Å². The molecule has 0 radical (unpaired) electrons. The number of carbonyl (C=O) groups excluding carboxylic acids is 1. The predicted octanol–water partition coefficient (Wildman–Crippen LogP) is 3.90. The van der Waals surface area contributed by atoms with E-state index >= 15 is 0 Å². The lowest BCUT2D eigenvalue weighted by Crippen LogP contribution is -2.47. The van der Waals surface area contributed by atoms with Crippen LogP contribution >= 0.6 is 0 Å². The summed E-state index contributed by atoms with van der Waals surface area (Å²) in [5.41, 5.74) is 1.94. The third-order valence-electron chi connectivity index (χ3n) is 5.15. The van der Waals surface area contributed by atoms with Crippen molar-refractivity contribution in [3.05, 3.63) is 65.5 Å². The summed E-state index contributed by atoms with van der Waals surface area (Å²) in [6.45, 7) is 1.67. The average Bonchev–Trinajstić information content (AvgIpc) is 2.65. The number of carbonyl (C=O) groups is 1. The Hall–Kier alpha value is -2.40. The SMILES string of the molecule is Cc1c(F)cccc1C1(C(=O)NO)CCC(Oc2ccccc2)CC1. The van der Waals surface area contributed by atoms with Gasteiger partial charge in [0.2, 0.25) is 0 Å². The molecule has 1 saturated carbocycles. The quantitative estimate of drug-likeness (QED) is 0.654. The number of hydrogen-bond acceptors (Lipinski definition) is 3. The molecule has 1 fully saturated rings. The lowest BCUT2D eigenvalue weighted by atomic mass is 9.67. The number of hydrogen-bond donors (Lipinski definition) is 2. The highest BCUT2D eigenvalue weighted by Gasteiger charge is 2.45. The molecule has 1 aliphatic rings. The molecule has 0 aromatic heterocycles. The molecule has 0 bridgehead atoms. The summed E-state index contributed by atoms with van der Waals surface area (Å²) in [5.74, 6) is -0.0295. The number of nitrogens with one attached hydrogen (secondary N) is 1. The summed E-state index contributed by atoms with van der Waals surface area (Å²) in [7, 11) is 0. The second-order valence-electron chi connectivity index (χ2n) is 6.57. The van der Waals surface area contributed by atoms with E-state index in [1.54, 1.807) is 24.5 Å². The average molecular weight is 343 g/mol. The van der Waals surface area contributed by atoms with Crippen LogP contribution in [0.25, 0.3) is 0 Å².